The lowest BCUT2D eigenvalue weighted by Crippen LogP contribution is -2.24. The number of carbonyl (C=O) groups is 1. The van der Waals surface area contributed by atoms with Gasteiger partial charge in [0, 0.05) is 31.6 Å². The average molecular weight is 270 g/mol. The Kier molecular flexibility index (Phi) is 3.59. The molecule has 0 spiro atoms. The second kappa shape index (κ2) is 5.03. The maximum atomic E-state index is 12.3. The summed E-state index contributed by atoms with van der Waals surface area (Å²) in [4.78, 5) is 16.6. The Morgan fingerprint density at radius 1 is 1.47 bits per heavy atom. The third-order valence-corrected chi connectivity index (χ3v) is 3.07. The van der Waals surface area contributed by atoms with Crippen LogP contribution in [0, 0.1) is 5.92 Å². The van der Waals surface area contributed by atoms with E-state index in [9.17, 15) is 18.0 Å². The van der Waals surface area contributed by atoms with E-state index in [4.69, 9.17) is 0 Å². The maximum absolute atomic E-state index is 12.3. The van der Waals surface area contributed by atoms with Gasteiger partial charge in [-0.25, -0.2) is 0 Å². The van der Waals surface area contributed by atoms with E-state index < -0.39 is 11.9 Å². The summed E-state index contributed by atoms with van der Waals surface area (Å²) in [5.41, 5.74) is -0.334. The van der Waals surface area contributed by atoms with Gasteiger partial charge < -0.3 is 4.90 Å². The number of halogens is 3. The van der Waals surface area contributed by atoms with Crippen molar-refractivity contribution in [1.82, 2.24) is 9.88 Å². The molecule has 0 aromatic carbocycles. The molecular weight excluding hydrogens is 257 g/mol. The molecule has 1 saturated heterocycles. The van der Waals surface area contributed by atoms with Crippen LogP contribution in [0.4, 0.5) is 13.2 Å². The van der Waals surface area contributed by atoms with Crippen LogP contribution >= 0.6 is 0 Å². The maximum Gasteiger partial charge on any atom is 0.433 e. The van der Waals surface area contributed by atoms with Crippen molar-refractivity contribution in [3.05, 3.63) is 42.2 Å². The Morgan fingerprint density at radius 3 is 2.68 bits per heavy atom. The summed E-state index contributed by atoms with van der Waals surface area (Å²) in [5.74, 6) is 0.111. The van der Waals surface area contributed by atoms with Crippen molar-refractivity contribution in [2.45, 2.75) is 19.1 Å². The fraction of sp³-hybridized carbons (Fsp3) is 0.385. The summed E-state index contributed by atoms with van der Waals surface area (Å²) in [6.45, 7) is 4.49. The first-order valence-corrected chi connectivity index (χ1v) is 5.82. The standard InChI is InChI=1S/C13H13F3N2O/c1-2-9-5-12(19)18(7-9)8-10-3-4-11(17-6-10)13(14,15)16/h2-4,6,9H,1,5,7-8H2. The first-order valence-electron chi connectivity index (χ1n) is 5.82. The molecule has 1 amide bonds. The van der Waals surface area contributed by atoms with E-state index in [1.807, 2.05) is 0 Å². The Morgan fingerprint density at radius 2 is 2.21 bits per heavy atom. The van der Waals surface area contributed by atoms with Crippen molar-refractivity contribution in [2.24, 2.45) is 5.92 Å². The van der Waals surface area contributed by atoms with Crippen molar-refractivity contribution >= 4 is 5.91 Å². The Hall–Kier alpha value is -1.85. The van der Waals surface area contributed by atoms with Crippen molar-refractivity contribution in [3.8, 4) is 0 Å². The molecule has 6 heteroatoms. The van der Waals surface area contributed by atoms with Crippen LogP contribution < -0.4 is 0 Å². The second-order valence-electron chi connectivity index (χ2n) is 4.52. The molecule has 0 bridgehead atoms. The number of likely N-dealkylation sites (tertiary alicyclic amines) is 1. The van der Waals surface area contributed by atoms with E-state index >= 15 is 0 Å². The van der Waals surface area contributed by atoms with Crippen LogP contribution in [0.2, 0.25) is 0 Å². The summed E-state index contributed by atoms with van der Waals surface area (Å²) in [6, 6.07) is 2.28. The zero-order chi connectivity index (χ0) is 14.0. The summed E-state index contributed by atoms with van der Waals surface area (Å²) < 4.78 is 37.0. The van der Waals surface area contributed by atoms with E-state index in [0.717, 1.165) is 12.3 Å². The molecule has 19 heavy (non-hydrogen) atoms. The molecule has 1 aliphatic rings. The third kappa shape index (κ3) is 3.13. The molecule has 1 aromatic rings. The number of nitrogens with zero attached hydrogens (tertiary/aromatic N) is 2. The summed E-state index contributed by atoms with van der Waals surface area (Å²) in [6.07, 6.45) is -1.13. The largest absolute Gasteiger partial charge is 0.433 e. The van der Waals surface area contributed by atoms with Gasteiger partial charge in [0.2, 0.25) is 5.91 Å². The molecule has 0 radical (unpaired) electrons. The van der Waals surface area contributed by atoms with Crippen LogP contribution in [0.25, 0.3) is 0 Å². The van der Waals surface area contributed by atoms with Crippen molar-refractivity contribution in [3.63, 3.8) is 0 Å². The molecule has 0 N–H and O–H groups in total. The fourth-order valence-electron chi connectivity index (χ4n) is 2.02. The van der Waals surface area contributed by atoms with Gasteiger partial charge in [0.25, 0.3) is 0 Å². The zero-order valence-electron chi connectivity index (χ0n) is 10.2. The number of carbonyl (C=O) groups excluding carboxylic acids is 1. The van der Waals surface area contributed by atoms with E-state index in [1.54, 1.807) is 11.0 Å². The molecule has 0 saturated carbocycles. The van der Waals surface area contributed by atoms with Crippen molar-refractivity contribution in [2.75, 3.05) is 6.54 Å². The number of aromatic nitrogens is 1. The van der Waals surface area contributed by atoms with Crippen LogP contribution in [-0.4, -0.2) is 22.3 Å². The molecule has 3 nitrogen and oxygen atoms in total. The smallest absolute Gasteiger partial charge is 0.338 e. The first-order chi connectivity index (χ1) is 8.90. The highest BCUT2D eigenvalue weighted by Crippen LogP contribution is 2.27. The van der Waals surface area contributed by atoms with Gasteiger partial charge in [-0.3, -0.25) is 9.78 Å². The molecule has 102 valence electrons. The molecule has 1 aliphatic heterocycles. The monoisotopic (exact) mass is 270 g/mol. The topological polar surface area (TPSA) is 33.2 Å². The second-order valence-corrected chi connectivity index (χ2v) is 4.52. The quantitative estimate of drug-likeness (QED) is 0.791. The van der Waals surface area contributed by atoms with Gasteiger partial charge in [0.1, 0.15) is 5.69 Å². The molecule has 2 rings (SSSR count). The summed E-state index contributed by atoms with van der Waals surface area (Å²) in [5, 5.41) is 0. The van der Waals surface area contributed by atoms with E-state index in [-0.39, 0.29) is 18.4 Å². The molecule has 2 heterocycles. The van der Waals surface area contributed by atoms with Crippen LogP contribution in [0.3, 0.4) is 0 Å². The number of rotatable bonds is 3. The number of pyridine rings is 1. The predicted molar refractivity (Wildman–Crippen MR) is 63.0 cm³/mol. The Bertz CT molecular complexity index is 482. The SMILES string of the molecule is C=CC1CC(=O)N(Cc2ccc(C(F)(F)F)nc2)C1. The van der Waals surface area contributed by atoms with Gasteiger partial charge in [-0.15, -0.1) is 6.58 Å². The molecule has 1 atom stereocenters. The van der Waals surface area contributed by atoms with Crippen molar-refractivity contribution < 1.29 is 18.0 Å². The highest BCUT2D eigenvalue weighted by atomic mass is 19.4. The first kappa shape index (κ1) is 13.6. The summed E-state index contributed by atoms with van der Waals surface area (Å²) in [7, 11) is 0. The molecular formula is C13H13F3N2O. The molecule has 1 aromatic heterocycles. The predicted octanol–water partition coefficient (Wildman–Crippen LogP) is 2.63. The molecule has 1 fully saturated rings. The highest BCUT2D eigenvalue weighted by Gasteiger charge is 2.32. The normalized spacial score (nSPS) is 19.8. The van der Waals surface area contributed by atoms with E-state index in [2.05, 4.69) is 11.6 Å². The average Bonchev–Trinajstić information content (AvgIpc) is 2.70. The highest BCUT2D eigenvalue weighted by molar-refractivity contribution is 5.78. The van der Waals surface area contributed by atoms with Gasteiger partial charge in [0.15, 0.2) is 0 Å². The van der Waals surface area contributed by atoms with Gasteiger partial charge in [-0.2, -0.15) is 13.2 Å². The molecule has 0 aliphatic carbocycles. The fourth-order valence-corrected chi connectivity index (χ4v) is 2.02. The van der Waals surface area contributed by atoms with Gasteiger partial charge in [-0.05, 0) is 11.6 Å². The number of alkyl halides is 3. The Labute approximate surface area is 108 Å². The van der Waals surface area contributed by atoms with Gasteiger partial charge in [-0.1, -0.05) is 12.1 Å². The number of hydrogen-bond acceptors (Lipinski definition) is 2. The number of hydrogen-bond donors (Lipinski definition) is 0. The summed E-state index contributed by atoms with van der Waals surface area (Å²) >= 11 is 0. The minimum Gasteiger partial charge on any atom is -0.338 e. The van der Waals surface area contributed by atoms with Gasteiger partial charge >= 0.3 is 6.18 Å². The van der Waals surface area contributed by atoms with Crippen LogP contribution in [-0.2, 0) is 17.5 Å². The van der Waals surface area contributed by atoms with E-state index in [1.165, 1.54) is 6.07 Å². The lowest BCUT2D eigenvalue weighted by atomic mass is 10.1. The minimum absolute atomic E-state index is 0.00945. The van der Waals surface area contributed by atoms with Crippen LogP contribution in [0.15, 0.2) is 31.0 Å². The van der Waals surface area contributed by atoms with Gasteiger partial charge in [0.05, 0.1) is 0 Å². The van der Waals surface area contributed by atoms with E-state index in [0.29, 0.717) is 18.5 Å². The number of amides is 1. The van der Waals surface area contributed by atoms with Crippen LogP contribution in [0.5, 0.6) is 0 Å². The third-order valence-electron chi connectivity index (χ3n) is 3.07. The Balaban J connectivity index is 2.04. The van der Waals surface area contributed by atoms with Crippen LogP contribution in [0.1, 0.15) is 17.7 Å². The van der Waals surface area contributed by atoms with Crippen molar-refractivity contribution in [1.29, 1.82) is 0 Å². The lowest BCUT2D eigenvalue weighted by molar-refractivity contribution is -0.141. The molecule has 1 unspecified atom stereocenters. The zero-order valence-corrected chi connectivity index (χ0v) is 10.2. The minimum atomic E-state index is -4.43. The lowest BCUT2D eigenvalue weighted by Gasteiger charge is -2.16.